The average Bonchev–Trinajstić information content (AvgIpc) is 2.72. The summed E-state index contributed by atoms with van der Waals surface area (Å²) in [5.41, 5.74) is 1.18. The van der Waals surface area contributed by atoms with Crippen LogP contribution in [0, 0.1) is 16.7 Å². The van der Waals surface area contributed by atoms with Crippen LogP contribution >= 0.6 is 0 Å². The van der Waals surface area contributed by atoms with Crippen molar-refractivity contribution in [3.63, 3.8) is 0 Å². The van der Waals surface area contributed by atoms with Gasteiger partial charge in [-0.25, -0.2) is 4.79 Å². The van der Waals surface area contributed by atoms with E-state index >= 15 is 0 Å². The van der Waals surface area contributed by atoms with Crippen molar-refractivity contribution in [3.8, 4) is 5.75 Å². The van der Waals surface area contributed by atoms with Crippen molar-refractivity contribution in [3.05, 3.63) is 42.0 Å². The Kier molecular flexibility index (Phi) is 2.60. The van der Waals surface area contributed by atoms with E-state index in [4.69, 9.17) is 4.74 Å². The predicted molar refractivity (Wildman–Crippen MR) is 74.8 cm³/mol. The Hall–Kier alpha value is -1.57. The lowest BCUT2D eigenvalue weighted by Crippen LogP contribution is -2.28. The number of benzene rings is 1. The lowest BCUT2D eigenvalue weighted by molar-refractivity contribution is -0.130. The molecule has 1 aromatic carbocycles. The number of hydrogen-bond acceptors (Lipinski definition) is 2. The van der Waals surface area contributed by atoms with Crippen LogP contribution in [0.1, 0.15) is 33.6 Å². The highest BCUT2D eigenvalue weighted by Crippen LogP contribution is 2.64. The van der Waals surface area contributed by atoms with Gasteiger partial charge in [-0.15, -0.1) is 0 Å². The highest BCUT2D eigenvalue weighted by Gasteiger charge is 2.57. The van der Waals surface area contributed by atoms with E-state index in [1.807, 2.05) is 30.3 Å². The molecule has 1 aromatic rings. The third-order valence-electron chi connectivity index (χ3n) is 5.33. The minimum Gasteiger partial charge on any atom is -0.423 e. The lowest BCUT2D eigenvalue weighted by Gasteiger charge is -2.33. The van der Waals surface area contributed by atoms with Gasteiger partial charge in [0.1, 0.15) is 5.75 Å². The van der Waals surface area contributed by atoms with Crippen LogP contribution in [0.3, 0.4) is 0 Å². The second kappa shape index (κ2) is 3.96. The molecular formula is C17H20O2. The molecule has 19 heavy (non-hydrogen) atoms. The Labute approximate surface area is 114 Å². The van der Waals surface area contributed by atoms with E-state index in [9.17, 15) is 4.79 Å². The van der Waals surface area contributed by atoms with Crippen LogP contribution in [0.25, 0.3) is 0 Å². The van der Waals surface area contributed by atoms with Gasteiger partial charge in [0.15, 0.2) is 0 Å². The molecule has 2 atom stereocenters. The van der Waals surface area contributed by atoms with Crippen molar-refractivity contribution in [2.45, 2.75) is 33.6 Å². The van der Waals surface area contributed by atoms with Gasteiger partial charge in [0.25, 0.3) is 0 Å². The fourth-order valence-corrected chi connectivity index (χ4v) is 3.63. The molecule has 3 rings (SSSR count). The summed E-state index contributed by atoms with van der Waals surface area (Å²) >= 11 is 0. The molecule has 2 bridgehead atoms. The molecular weight excluding hydrogens is 236 g/mol. The van der Waals surface area contributed by atoms with Crippen LogP contribution in [0.5, 0.6) is 5.75 Å². The Morgan fingerprint density at radius 2 is 1.89 bits per heavy atom. The zero-order valence-corrected chi connectivity index (χ0v) is 11.8. The zero-order valence-electron chi connectivity index (χ0n) is 11.8. The predicted octanol–water partition coefficient (Wildman–Crippen LogP) is 3.97. The maximum atomic E-state index is 12.3. The van der Waals surface area contributed by atoms with Crippen LogP contribution < -0.4 is 4.74 Å². The fraction of sp³-hybridized carbons (Fsp3) is 0.471. The highest BCUT2D eigenvalue weighted by molar-refractivity contribution is 5.92. The third kappa shape index (κ3) is 1.73. The van der Waals surface area contributed by atoms with E-state index < -0.39 is 0 Å². The van der Waals surface area contributed by atoms with Gasteiger partial charge in [0.05, 0.1) is 0 Å². The Morgan fingerprint density at radius 3 is 2.42 bits per heavy atom. The summed E-state index contributed by atoms with van der Waals surface area (Å²) in [5.74, 6) is 0.792. The molecule has 0 heterocycles. The minimum absolute atomic E-state index is 0.142. The number of hydrogen-bond donors (Lipinski definition) is 0. The van der Waals surface area contributed by atoms with Gasteiger partial charge in [-0.05, 0) is 41.7 Å². The van der Waals surface area contributed by atoms with Crippen LogP contribution in [-0.4, -0.2) is 5.97 Å². The Morgan fingerprint density at radius 1 is 1.21 bits per heavy atom. The molecule has 2 nitrogen and oxygen atoms in total. The normalized spacial score (nSPS) is 31.1. The molecule has 2 aliphatic carbocycles. The number of carbonyl (C=O) groups excluding carboxylic acids is 1. The van der Waals surface area contributed by atoms with Crippen molar-refractivity contribution in [2.24, 2.45) is 16.7 Å². The SMILES string of the molecule is CC1(C)[C@H]2CC[C@@]1(C)C=C2C(=O)Oc1ccccc1. The average molecular weight is 256 g/mol. The molecule has 1 saturated carbocycles. The van der Waals surface area contributed by atoms with Crippen molar-refractivity contribution in [1.82, 2.24) is 0 Å². The van der Waals surface area contributed by atoms with Crippen molar-refractivity contribution >= 4 is 5.97 Å². The molecule has 0 radical (unpaired) electrons. The van der Waals surface area contributed by atoms with Gasteiger partial charge < -0.3 is 4.74 Å². The molecule has 2 heteroatoms. The van der Waals surface area contributed by atoms with Crippen LogP contribution in [0.2, 0.25) is 0 Å². The van der Waals surface area contributed by atoms with E-state index in [1.54, 1.807) is 0 Å². The summed E-state index contributed by atoms with van der Waals surface area (Å²) in [4.78, 5) is 12.3. The van der Waals surface area contributed by atoms with E-state index in [0.717, 1.165) is 12.0 Å². The summed E-state index contributed by atoms with van der Waals surface area (Å²) in [5, 5.41) is 0. The molecule has 0 aromatic heterocycles. The summed E-state index contributed by atoms with van der Waals surface area (Å²) < 4.78 is 5.48. The van der Waals surface area contributed by atoms with E-state index in [1.165, 1.54) is 6.42 Å². The van der Waals surface area contributed by atoms with Gasteiger partial charge in [0.2, 0.25) is 0 Å². The first kappa shape index (κ1) is 12.5. The number of ether oxygens (including phenoxy) is 1. The monoisotopic (exact) mass is 256 g/mol. The summed E-state index contributed by atoms with van der Waals surface area (Å²) in [7, 11) is 0. The summed E-state index contributed by atoms with van der Waals surface area (Å²) in [6, 6.07) is 9.31. The Balaban J connectivity index is 1.84. The fourth-order valence-electron chi connectivity index (χ4n) is 3.63. The highest BCUT2D eigenvalue weighted by atomic mass is 16.5. The second-order valence-corrected chi connectivity index (χ2v) is 6.53. The zero-order chi connectivity index (χ0) is 13.7. The largest absolute Gasteiger partial charge is 0.423 e. The molecule has 0 amide bonds. The first-order valence-corrected chi connectivity index (χ1v) is 6.94. The lowest BCUT2D eigenvalue weighted by atomic mass is 9.70. The summed E-state index contributed by atoms with van der Waals surface area (Å²) in [6.07, 6.45) is 4.43. The number of esters is 1. The molecule has 0 spiro atoms. The third-order valence-corrected chi connectivity index (χ3v) is 5.33. The number of allylic oxidation sites excluding steroid dienone is 1. The molecule has 0 N–H and O–H groups in total. The van der Waals surface area contributed by atoms with Gasteiger partial charge in [-0.2, -0.15) is 0 Å². The quantitative estimate of drug-likeness (QED) is 0.591. The van der Waals surface area contributed by atoms with Gasteiger partial charge in [-0.3, -0.25) is 0 Å². The topological polar surface area (TPSA) is 26.3 Å². The number of fused-ring (bicyclic) bond motifs is 2. The number of carbonyl (C=O) groups is 1. The maximum absolute atomic E-state index is 12.3. The van der Waals surface area contributed by atoms with Gasteiger partial charge >= 0.3 is 5.97 Å². The van der Waals surface area contributed by atoms with Crippen LogP contribution in [0.15, 0.2) is 42.0 Å². The van der Waals surface area contributed by atoms with E-state index in [0.29, 0.717) is 11.7 Å². The number of rotatable bonds is 2. The smallest absolute Gasteiger partial charge is 0.339 e. The molecule has 2 aliphatic rings. The van der Waals surface area contributed by atoms with Gasteiger partial charge in [-0.1, -0.05) is 45.0 Å². The molecule has 0 unspecified atom stereocenters. The standard InChI is InChI=1S/C17H20O2/c1-16(2)14-9-10-17(16,3)11-13(14)15(18)19-12-7-5-4-6-8-12/h4-8,11,14H,9-10H2,1-3H3/t14-,17-/m0/s1. The first-order chi connectivity index (χ1) is 8.94. The van der Waals surface area contributed by atoms with Crippen molar-refractivity contribution in [1.29, 1.82) is 0 Å². The van der Waals surface area contributed by atoms with E-state index in [-0.39, 0.29) is 16.8 Å². The van der Waals surface area contributed by atoms with Gasteiger partial charge in [0, 0.05) is 5.57 Å². The van der Waals surface area contributed by atoms with Crippen LogP contribution in [0.4, 0.5) is 0 Å². The van der Waals surface area contributed by atoms with E-state index in [2.05, 4.69) is 26.8 Å². The van der Waals surface area contributed by atoms with Crippen molar-refractivity contribution in [2.75, 3.05) is 0 Å². The molecule has 1 fully saturated rings. The molecule has 0 saturated heterocycles. The molecule has 0 aliphatic heterocycles. The Bertz CT molecular complexity index is 542. The maximum Gasteiger partial charge on any atom is 0.339 e. The van der Waals surface area contributed by atoms with Crippen molar-refractivity contribution < 1.29 is 9.53 Å². The number of para-hydroxylation sites is 1. The molecule has 100 valence electrons. The summed E-state index contributed by atoms with van der Waals surface area (Å²) in [6.45, 7) is 6.80. The minimum atomic E-state index is -0.173. The second-order valence-electron chi connectivity index (χ2n) is 6.53. The first-order valence-electron chi connectivity index (χ1n) is 6.94. The van der Waals surface area contributed by atoms with Crippen LogP contribution in [-0.2, 0) is 4.79 Å².